The van der Waals surface area contributed by atoms with Crippen LogP contribution >= 0.6 is 0 Å². The van der Waals surface area contributed by atoms with Crippen molar-refractivity contribution in [3.8, 4) is 11.5 Å². The zero-order valence-electron chi connectivity index (χ0n) is 18.3. The van der Waals surface area contributed by atoms with Crippen LogP contribution in [0.3, 0.4) is 0 Å². The van der Waals surface area contributed by atoms with Gasteiger partial charge in [-0.2, -0.15) is 5.10 Å². The number of rotatable bonds is 8. The zero-order chi connectivity index (χ0) is 23.1. The second-order valence-electron chi connectivity index (χ2n) is 7.10. The van der Waals surface area contributed by atoms with Gasteiger partial charge in [-0.05, 0) is 24.6 Å². The van der Waals surface area contributed by atoms with Gasteiger partial charge < -0.3 is 9.47 Å². The average Bonchev–Trinajstić information content (AvgIpc) is 2.83. The maximum atomic E-state index is 12.9. The minimum Gasteiger partial charge on any atom is -0.497 e. The first-order chi connectivity index (χ1) is 15.5. The van der Waals surface area contributed by atoms with E-state index in [1.807, 2.05) is 0 Å². The molecule has 1 aromatic heterocycles. The fourth-order valence-corrected chi connectivity index (χ4v) is 3.29. The third kappa shape index (κ3) is 4.88. The lowest BCUT2D eigenvalue weighted by Crippen LogP contribution is -2.43. The summed E-state index contributed by atoms with van der Waals surface area (Å²) in [4.78, 5) is 38.2. The Bertz CT molecular complexity index is 1190. The third-order valence-corrected chi connectivity index (χ3v) is 5.00. The molecule has 0 saturated heterocycles. The number of hydrogen-bond donors (Lipinski definition) is 2. The molecule has 0 spiro atoms. The number of methoxy groups -OCH3 is 2. The van der Waals surface area contributed by atoms with Crippen molar-refractivity contribution >= 4 is 22.6 Å². The number of benzene rings is 2. The van der Waals surface area contributed by atoms with Gasteiger partial charge in [0.05, 0.1) is 25.2 Å². The highest BCUT2D eigenvalue weighted by molar-refractivity contribution is 6.06. The van der Waals surface area contributed by atoms with Gasteiger partial charge in [0.2, 0.25) is 0 Å². The van der Waals surface area contributed by atoms with Gasteiger partial charge in [-0.25, -0.2) is 4.68 Å². The predicted octanol–water partition coefficient (Wildman–Crippen LogP) is 2.68. The van der Waals surface area contributed by atoms with Crippen molar-refractivity contribution in [1.29, 1.82) is 0 Å². The number of aryl methyl sites for hydroxylation is 1. The van der Waals surface area contributed by atoms with E-state index in [1.165, 1.54) is 25.0 Å². The summed E-state index contributed by atoms with van der Waals surface area (Å²) in [7, 11) is 2.94. The lowest BCUT2D eigenvalue weighted by molar-refractivity contribution is 0.0842. The summed E-state index contributed by atoms with van der Waals surface area (Å²) in [6, 6.07) is 11.5. The Morgan fingerprint density at radius 3 is 2.38 bits per heavy atom. The number of nitrogens with zero attached hydrogens (tertiary/aromatic N) is 2. The lowest BCUT2D eigenvalue weighted by atomic mass is 10.1. The number of aromatic nitrogens is 2. The molecule has 0 saturated carbocycles. The molecule has 2 N–H and O–H groups in total. The predicted molar refractivity (Wildman–Crippen MR) is 120 cm³/mol. The van der Waals surface area contributed by atoms with Crippen LogP contribution in [0.1, 0.15) is 47.0 Å². The Kier molecular flexibility index (Phi) is 7.43. The summed E-state index contributed by atoms with van der Waals surface area (Å²) in [5, 5.41) is 5.09. The number of fused-ring (bicyclic) bond motifs is 1. The summed E-state index contributed by atoms with van der Waals surface area (Å²) < 4.78 is 11.7. The highest BCUT2D eigenvalue weighted by Crippen LogP contribution is 2.24. The molecule has 0 fully saturated rings. The molecule has 0 aliphatic heterocycles. The van der Waals surface area contributed by atoms with Crippen LogP contribution in [-0.2, 0) is 6.54 Å². The molecule has 9 nitrogen and oxygen atoms in total. The van der Waals surface area contributed by atoms with E-state index in [-0.39, 0.29) is 16.8 Å². The molecular weight excluding hydrogens is 412 g/mol. The molecule has 0 aliphatic carbocycles. The van der Waals surface area contributed by atoms with Crippen LogP contribution in [0.5, 0.6) is 11.5 Å². The molecule has 0 aliphatic rings. The number of hydrazine groups is 1. The van der Waals surface area contributed by atoms with Crippen LogP contribution < -0.4 is 25.9 Å². The maximum Gasteiger partial charge on any atom is 0.290 e. The quantitative estimate of drug-likeness (QED) is 0.413. The van der Waals surface area contributed by atoms with E-state index < -0.39 is 11.8 Å². The van der Waals surface area contributed by atoms with E-state index in [1.54, 1.807) is 36.4 Å². The van der Waals surface area contributed by atoms with E-state index in [4.69, 9.17) is 9.47 Å². The van der Waals surface area contributed by atoms with E-state index >= 15 is 0 Å². The Morgan fingerprint density at radius 1 is 0.969 bits per heavy atom. The van der Waals surface area contributed by atoms with Gasteiger partial charge in [-0.15, -0.1) is 0 Å². The van der Waals surface area contributed by atoms with E-state index in [9.17, 15) is 14.4 Å². The van der Waals surface area contributed by atoms with Crippen LogP contribution in [0.15, 0.2) is 47.3 Å². The van der Waals surface area contributed by atoms with Crippen molar-refractivity contribution in [3.63, 3.8) is 0 Å². The van der Waals surface area contributed by atoms with Crippen LogP contribution in [0.25, 0.3) is 10.8 Å². The first-order valence-corrected chi connectivity index (χ1v) is 10.3. The molecule has 0 radical (unpaired) electrons. The topological polar surface area (TPSA) is 112 Å². The van der Waals surface area contributed by atoms with E-state index in [2.05, 4.69) is 22.9 Å². The number of amides is 2. The highest BCUT2D eigenvalue weighted by atomic mass is 16.5. The third-order valence-electron chi connectivity index (χ3n) is 5.00. The van der Waals surface area contributed by atoms with Crippen LogP contribution in [0.4, 0.5) is 0 Å². The minimum atomic E-state index is -0.633. The van der Waals surface area contributed by atoms with Crippen molar-refractivity contribution in [2.24, 2.45) is 0 Å². The molecule has 0 bridgehead atoms. The number of carbonyl (C=O) groups is 2. The highest BCUT2D eigenvalue weighted by Gasteiger charge is 2.19. The molecule has 3 aromatic rings. The first kappa shape index (κ1) is 22.8. The molecular formula is C23H26N4O5. The molecule has 0 atom stereocenters. The molecule has 168 valence electrons. The summed E-state index contributed by atoms with van der Waals surface area (Å²) in [5.41, 5.74) is 4.78. The second-order valence-corrected chi connectivity index (χ2v) is 7.10. The molecule has 2 amide bonds. The summed E-state index contributed by atoms with van der Waals surface area (Å²) in [5.74, 6) is -0.378. The Morgan fingerprint density at radius 2 is 1.69 bits per heavy atom. The van der Waals surface area contributed by atoms with Gasteiger partial charge in [-0.1, -0.05) is 38.0 Å². The van der Waals surface area contributed by atoms with E-state index in [0.29, 0.717) is 28.8 Å². The average molecular weight is 438 g/mol. The normalized spacial score (nSPS) is 10.6. The summed E-state index contributed by atoms with van der Waals surface area (Å²) in [6.45, 7) is 2.48. The van der Waals surface area contributed by atoms with Crippen molar-refractivity contribution in [1.82, 2.24) is 20.6 Å². The SMILES string of the molecule is CCCCCn1nc(C(=O)NNC(=O)c2ccc(OC)cc2OC)c2ccccc2c1=O. The fourth-order valence-electron chi connectivity index (χ4n) is 3.29. The van der Waals surface area contributed by atoms with Crippen LogP contribution in [0, 0.1) is 0 Å². The molecule has 32 heavy (non-hydrogen) atoms. The Hall–Kier alpha value is -3.88. The largest absolute Gasteiger partial charge is 0.497 e. The summed E-state index contributed by atoms with van der Waals surface area (Å²) in [6.07, 6.45) is 2.72. The number of hydrogen-bond acceptors (Lipinski definition) is 6. The van der Waals surface area contributed by atoms with Crippen molar-refractivity contribution in [2.75, 3.05) is 14.2 Å². The second kappa shape index (κ2) is 10.4. The smallest absolute Gasteiger partial charge is 0.290 e. The number of ether oxygens (including phenoxy) is 2. The Balaban J connectivity index is 1.84. The van der Waals surface area contributed by atoms with Crippen molar-refractivity contribution in [2.45, 2.75) is 32.7 Å². The molecule has 2 aromatic carbocycles. The summed E-state index contributed by atoms with van der Waals surface area (Å²) >= 11 is 0. The standard InChI is InChI=1S/C23H26N4O5/c1-4-5-8-13-27-23(30)17-10-7-6-9-16(17)20(26-27)22(29)25-24-21(28)18-12-11-15(31-2)14-19(18)32-3/h6-7,9-12,14H,4-5,8,13H2,1-3H3,(H,24,28)(H,25,29). The van der Waals surface area contributed by atoms with E-state index in [0.717, 1.165) is 19.3 Å². The van der Waals surface area contributed by atoms with Crippen molar-refractivity contribution < 1.29 is 19.1 Å². The minimum absolute atomic E-state index is 0.0543. The zero-order valence-corrected chi connectivity index (χ0v) is 18.3. The van der Waals surface area contributed by atoms with Gasteiger partial charge in [0.1, 0.15) is 11.5 Å². The van der Waals surface area contributed by atoms with Gasteiger partial charge >= 0.3 is 0 Å². The molecule has 3 rings (SSSR count). The molecule has 0 unspecified atom stereocenters. The number of unbranched alkanes of at least 4 members (excludes halogenated alkanes) is 2. The monoisotopic (exact) mass is 438 g/mol. The van der Waals surface area contributed by atoms with Crippen molar-refractivity contribution in [3.05, 3.63) is 64.1 Å². The molecule has 1 heterocycles. The number of carbonyl (C=O) groups excluding carboxylic acids is 2. The maximum absolute atomic E-state index is 12.9. The van der Waals surface area contributed by atoms with Gasteiger partial charge in [0.15, 0.2) is 5.69 Å². The van der Waals surface area contributed by atoms with Crippen LogP contribution in [0.2, 0.25) is 0 Å². The molecule has 9 heteroatoms. The fraction of sp³-hybridized carbons (Fsp3) is 0.304. The lowest BCUT2D eigenvalue weighted by Gasteiger charge is -2.13. The van der Waals surface area contributed by atoms with Gasteiger partial charge in [-0.3, -0.25) is 25.2 Å². The van der Waals surface area contributed by atoms with Gasteiger partial charge in [0.25, 0.3) is 17.4 Å². The van der Waals surface area contributed by atoms with Gasteiger partial charge in [0, 0.05) is 18.0 Å². The number of nitrogens with one attached hydrogen (secondary N) is 2. The van der Waals surface area contributed by atoms with Crippen LogP contribution in [-0.4, -0.2) is 35.8 Å². The Labute approximate surface area is 185 Å². The first-order valence-electron chi connectivity index (χ1n) is 10.3.